The van der Waals surface area contributed by atoms with Crippen LogP contribution in [-0.2, 0) is 16.2 Å². The average Bonchev–Trinajstić information content (AvgIpc) is 2.53. The van der Waals surface area contributed by atoms with Crippen LogP contribution in [0.2, 0.25) is 5.02 Å². The minimum Gasteiger partial charge on any atom is -0.391 e. The summed E-state index contributed by atoms with van der Waals surface area (Å²) in [5.74, 6) is -0.116. The summed E-state index contributed by atoms with van der Waals surface area (Å²) in [6.07, 6.45) is 0. The Morgan fingerprint density at radius 2 is 1.91 bits per heavy atom. The third-order valence-corrected chi connectivity index (χ3v) is 4.11. The Morgan fingerprint density at radius 1 is 1.17 bits per heavy atom. The molecule has 0 atom stereocenters. The number of anilines is 1. The largest absolute Gasteiger partial charge is 0.391 e. The molecule has 1 aliphatic heterocycles. The van der Waals surface area contributed by atoms with Crippen molar-refractivity contribution >= 4 is 28.9 Å². The Hall–Kier alpha value is -2.33. The number of nitrogens with zero attached hydrogens (tertiary/aromatic N) is 1. The van der Waals surface area contributed by atoms with Gasteiger partial charge < -0.3 is 10.2 Å². The summed E-state index contributed by atoms with van der Waals surface area (Å²) in [5.41, 5.74) is 2.28. The highest BCUT2D eigenvalue weighted by Crippen LogP contribution is 2.35. The standard InChI is InChI=1S/C18H17ClN2O2/c1-18(2)16(21-23-11-12-6-4-3-5-7-12)14-10-13(19)8-9-15(14)20-17(18)22/h3-10H,11H2,1-2H3,(H,20,22)/b21-16+. The van der Waals surface area contributed by atoms with E-state index in [2.05, 4.69) is 10.5 Å². The first-order chi connectivity index (χ1) is 11.0. The lowest BCUT2D eigenvalue weighted by molar-refractivity contribution is -0.121. The van der Waals surface area contributed by atoms with Crippen molar-refractivity contribution in [3.05, 3.63) is 64.7 Å². The third-order valence-electron chi connectivity index (χ3n) is 3.87. The van der Waals surface area contributed by atoms with E-state index in [4.69, 9.17) is 16.4 Å². The van der Waals surface area contributed by atoms with Gasteiger partial charge in [-0.15, -0.1) is 0 Å². The summed E-state index contributed by atoms with van der Waals surface area (Å²) in [5, 5.41) is 7.73. The Bertz CT molecular complexity index is 770. The molecule has 1 amide bonds. The number of nitrogens with one attached hydrogen (secondary N) is 1. The zero-order valence-corrected chi connectivity index (χ0v) is 13.7. The molecule has 2 aromatic rings. The van der Waals surface area contributed by atoms with Gasteiger partial charge in [0.2, 0.25) is 5.91 Å². The molecule has 4 nitrogen and oxygen atoms in total. The van der Waals surface area contributed by atoms with Crippen LogP contribution in [0, 0.1) is 5.41 Å². The van der Waals surface area contributed by atoms with E-state index in [1.54, 1.807) is 18.2 Å². The van der Waals surface area contributed by atoms with Crippen molar-refractivity contribution in [1.82, 2.24) is 0 Å². The first-order valence-electron chi connectivity index (χ1n) is 7.34. The molecule has 3 rings (SSSR count). The van der Waals surface area contributed by atoms with Crippen molar-refractivity contribution in [2.24, 2.45) is 10.6 Å². The minimum atomic E-state index is -0.797. The second-order valence-corrected chi connectivity index (χ2v) is 6.40. The number of benzene rings is 2. The molecule has 1 N–H and O–H groups in total. The molecule has 0 saturated carbocycles. The van der Waals surface area contributed by atoms with E-state index in [9.17, 15) is 4.79 Å². The first kappa shape index (κ1) is 15.6. The topological polar surface area (TPSA) is 50.7 Å². The molecule has 0 aliphatic carbocycles. The van der Waals surface area contributed by atoms with Crippen molar-refractivity contribution in [3.8, 4) is 0 Å². The monoisotopic (exact) mass is 328 g/mol. The lowest BCUT2D eigenvalue weighted by atomic mass is 9.79. The summed E-state index contributed by atoms with van der Waals surface area (Å²) in [6, 6.07) is 15.1. The van der Waals surface area contributed by atoms with Crippen molar-refractivity contribution in [3.63, 3.8) is 0 Å². The Labute approximate surface area is 140 Å². The van der Waals surface area contributed by atoms with E-state index in [-0.39, 0.29) is 5.91 Å². The van der Waals surface area contributed by atoms with Gasteiger partial charge in [-0.2, -0.15) is 0 Å². The molecular weight excluding hydrogens is 312 g/mol. The van der Waals surface area contributed by atoms with Crippen LogP contribution in [0.3, 0.4) is 0 Å². The molecule has 118 valence electrons. The highest BCUT2D eigenvalue weighted by atomic mass is 35.5. The molecule has 23 heavy (non-hydrogen) atoms. The van der Waals surface area contributed by atoms with Crippen molar-refractivity contribution in [1.29, 1.82) is 0 Å². The molecule has 2 aromatic carbocycles. The van der Waals surface area contributed by atoms with Gasteiger partial charge in [-0.05, 0) is 37.6 Å². The molecule has 1 aliphatic rings. The van der Waals surface area contributed by atoms with Gasteiger partial charge in [0.15, 0.2) is 0 Å². The lowest BCUT2D eigenvalue weighted by Crippen LogP contribution is -2.43. The molecular formula is C18H17ClN2O2. The van der Waals surface area contributed by atoms with Crippen molar-refractivity contribution in [2.75, 3.05) is 5.32 Å². The zero-order chi connectivity index (χ0) is 16.4. The molecule has 0 aromatic heterocycles. The highest BCUT2D eigenvalue weighted by molar-refractivity contribution is 6.32. The van der Waals surface area contributed by atoms with E-state index in [1.165, 1.54) is 0 Å². The van der Waals surface area contributed by atoms with Crippen LogP contribution >= 0.6 is 11.6 Å². The number of halogens is 1. The summed E-state index contributed by atoms with van der Waals surface area (Å²) in [4.78, 5) is 17.8. The van der Waals surface area contributed by atoms with Gasteiger partial charge in [0.25, 0.3) is 0 Å². The number of oxime groups is 1. The van der Waals surface area contributed by atoms with Crippen LogP contribution in [0.4, 0.5) is 5.69 Å². The van der Waals surface area contributed by atoms with Gasteiger partial charge in [0, 0.05) is 10.6 Å². The first-order valence-corrected chi connectivity index (χ1v) is 7.72. The van der Waals surface area contributed by atoms with E-state index >= 15 is 0 Å². The van der Waals surface area contributed by atoms with E-state index in [0.29, 0.717) is 23.0 Å². The number of rotatable bonds is 3. The molecule has 5 heteroatoms. The Kier molecular flexibility index (Phi) is 4.09. The van der Waals surface area contributed by atoms with Crippen molar-refractivity contribution in [2.45, 2.75) is 20.5 Å². The quantitative estimate of drug-likeness (QED) is 0.857. The van der Waals surface area contributed by atoms with E-state index in [1.807, 2.05) is 44.2 Å². The van der Waals surface area contributed by atoms with Gasteiger partial charge in [0.05, 0.1) is 11.1 Å². The number of hydrogen-bond donors (Lipinski definition) is 1. The lowest BCUT2D eigenvalue weighted by Gasteiger charge is -2.31. The predicted molar refractivity (Wildman–Crippen MR) is 91.6 cm³/mol. The van der Waals surface area contributed by atoms with E-state index in [0.717, 1.165) is 11.1 Å². The molecule has 1 heterocycles. The summed E-state index contributed by atoms with van der Waals surface area (Å²) < 4.78 is 0. The third kappa shape index (κ3) is 3.08. The van der Waals surface area contributed by atoms with Crippen molar-refractivity contribution < 1.29 is 9.63 Å². The minimum absolute atomic E-state index is 0.116. The number of amides is 1. The van der Waals surface area contributed by atoms with Crippen LogP contribution in [-0.4, -0.2) is 11.6 Å². The number of carbonyl (C=O) groups excluding carboxylic acids is 1. The maximum atomic E-state index is 12.3. The number of hydrogen-bond acceptors (Lipinski definition) is 3. The molecule has 0 spiro atoms. The van der Waals surface area contributed by atoms with Gasteiger partial charge in [-0.1, -0.05) is 47.1 Å². The maximum Gasteiger partial charge on any atom is 0.236 e. The zero-order valence-electron chi connectivity index (χ0n) is 13.0. The SMILES string of the molecule is CC1(C)C(=O)Nc2ccc(Cl)cc2/C1=N\OCc1ccccc1. The second-order valence-electron chi connectivity index (χ2n) is 5.97. The van der Waals surface area contributed by atoms with Gasteiger partial charge in [-0.25, -0.2) is 0 Å². The predicted octanol–water partition coefficient (Wildman–Crippen LogP) is 4.24. The normalized spacial score (nSPS) is 17.5. The molecule has 0 unspecified atom stereocenters. The molecule has 0 fully saturated rings. The summed E-state index contributed by atoms with van der Waals surface area (Å²) >= 11 is 6.09. The van der Waals surface area contributed by atoms with Gasteiger partial charge in [-0.3, -0.25) is 4.79 Å². The Balaban J connectivity index is 1.93. The number of fused-ring (bicyclic) bond motifs is 1. The molecule has 0 saturated heterocycles. The second kappa shape index (κ2) is 6.05. The van der Waals surface area contributed by atoms with Crippen LogP contribution in [0.1, 0.15) is 25.0 Å². The van der Waals surface area contributed by atoms with Gasteiger partial charge in [0.1, 0.15) is 12.3 Å². The average molecular weight is 329 g/mol. The molecule has 0 bridgehead atoms. The summed E-state index contributed by atoms with van der Waals surface area (Å²) in [7, 11) is 0. The summed E-state index contributed by atoms with van der Waals surface area (Å²) in [6.45, 7) is 3.98. The van der Waals surface area contributed by atoms with Crippen LogP contribution in [0.15, 0.2) is 53.7 Å². The maximum absolute atomic E-state index is 12.3. The fourth-order valence-corrected chi connectivity index (χ4v) is 2.63. The fraction of sp³-hybridized carbons (Fsp3) is 0.222. The van der Waals surface area contributed by atoms with E-state index < -0.39 is 5.41 Å². The van der Waals surface area contributed by atoms with Crippen LogP contribution in [0.25, 0.3) is 0 Å². The number of carbonyl (C=O) groups is 1. The molecule has 0 radical (unpaired) electrons. The smallest absolute Gasteiger partial charge is 0.236 e. The fourth-order valence-electron chi connectivity index (χ4n) is 2.45. The van der Waals surface area contributed by atoms with Crippen LogP contribution < -0.4 is 5.32 Å². The van der Waals surface area contributed by atoms with Gasteiger partial charge >= 0.3 is 0 Å². The highest BCUT2D eigenvalue weighted by Gasteiger charge is 2.40. The van der Waals surface area contributed by atoms with Crippen LogP contribution in [0.5, 0.6) is 0 Å². The Morgan fingerprint density at radius 3 is 2.65 bits per heavy atom.